The molecule has 0 N–H and O–H groups in total. The highest BCUT2D eigenvalue weighted by Crippen LogP contribution is 2.35. The molecular weight excluding hydrogens is 240 g/mol. The second-order valence-corrected chi connectivity index (χ2v) is 5.13. The lowest BCUT2D eigenvalue weighted by atomic mass is 9.99. The molecule has 1 heterocycles. The number of aryl methyl sites for hydroxylation is 2. The normalized spacial score (nSPS) is 19.2. The van der Waals surface area contributed by atoms with Crippen molar-refractivity contribution in [2.75, 3.05) is 27.2 Å². The van der Waals surface area contributed by atoms with Gasteiger partial charge in [0.1, 0.15) is 5.75 Å². The number of hydrogen-bond donors (Lipinski definition) is 0. The van der Waals surface area contributed by atoms with E-state index in [4.69, 9.17) is 4.74 Å². The summed E-state index contributed by atoms with van der Waals surface area (Å²) in [7, 11) is 3.54. The van der Waals surface area contributed by atoms with Crippen LogP contribution in [0.1, 0.15) is 29.7 Å². The fraction of sp³-hybridized carbons (Fsp3) is 0.533. The lowest BCUT2D eigenvalue weighted by molar-refractivity contribution is 0.197. The predicted molar refractivity (Wildman–Crippen MR) is 75.6 cm³/mol. The minimum Gasteiger partial charge on any atom is -0.496 e. The molecule has 4 heteroatoms. The molecule has 1 unspecified atom stereocenters. The van der Waals surface area contributed by atoms with Crippen molar-refractivity contribution in [3.05, 3.63) is 28.8 Å². The molecule has 0 bridgehead atoms. The van der Waals surface area contributed by atoms with E-state index in [2.05, 4.69) is 26.0 Å². The molecule has 1 saturated heterocycles. The molecule has 0 spiro atoms. The van der Waals surface area contributed by atoms with Crippen LogP contribution in [0.5, 0.6) is 5.75 Å². The van der Waals surface area contributed by atoms with E-state index in [1.54, 1.807) is 12.0 Å². The Morgan fingerprint density at radius 3 is 2.47 bits per heavy atom. The molecule has 4 nitrogen and oxygen atoms in total. The standard InChI is InChI=1S/C15H22N2O2/c1-6-17-9-13(16(4)15(17)18)12-7-10(2)11(3)8-14(12)19-5/h7-8,13H,6,9H2,1-5H3. The number of benzene rings is 1. The number of hydrogen-bond acceptors (Lipinski definition) is 2. The van der Waals surface area contributed by atoms with Crippen LogP contribution in [0.3, 0.4) is 0 Å². The van der Waals surface area contributed by atoms with Gasteiger partial charge in [0.15, 0.2) is 0 Å². The summed E-state index contributed by atoms with van der Waals surface area (Å²) in [5.74, 6) is 0.866. The zero-order valence-corrected chi connectivity index (χ0v) is 12.4. The molecule has 0 aliphatic carbocycles. The van der Waals surface area contributed by atoms with Crippen LogP contribution in [0, 0.1) is 13.8 Å². The van der Waals surface area contributed by atoms with Gasteiger partial charge in [0, 0.05) is 25.7 Å². The molecule has 1 aromatic carbocycles. The van der Waals surface area contributed by atoms with E-state index in [0.717, 1.165) is 24.4 Å². The van der Waals surface area contributed by atoms with Gasteiger partial charge in [0.2, 0.25) is 0 Å². The van der Waals surface area contributed by atoms with E-state index in [0.29, 0.717) is 0 Å². The van der Waals surface area contributed by atoms with Crippen LogP contribution in [0.15, 0.2) is 12.1 Å². The van der Waals surface area contributed by atoms with Crippen molar-refractivity contribution in [3.8, 4) is 5.75 Å². The Bertz CT molecular complexity index is 499. The summed E-state index contributed by atoms with van der Waals surface area (Å²) in [5.41, 5.74) is 3.53. The second-order valence-electron chi connectivity index (χ2n) is 5.13. The van der Waals surface area contributed by atoms with Gasteiger partial charge in [-0.3, -0.25) is 0 Å². The molecule has 0 saturated carbocycles. The van der Waals surface area contributed by atoms with Crippen molar-refractivity contribution >= 4 is 6.03 Å². The lowest BCUT2D eigenvalue weighted by Crippen LogP contribution is -2.29. The van der Waals surface area contributed by atoms with Crippen LogP contribution in [-0.2, 0) is 0 Å². The molecule has 1 aliphatic rings. The monoisotopic (exact) mass is 262 g/mol. The molecule has 1 aliphatic heterocycles. The molecule has 1 atom stereocenters. The van der Waals surface area contributed by atoms with Gasteiger partial charge in [-0.1, -0.05) is 0 Å². The van der Waals surface area contributed by atoms with Crippen molar-refractivity contribution < 1.29 is 9.53 Å². The molecule has 2 amide bonds. The number of likely N-dealkylation sites (N-methyl/N-ethyl adjacent to an activating group) is 2. The van der Waals surface area contributed by atoms with E-state index < -0.39 is 0 Å². The number of urea groups is 1. The first kappa shape index (κ1) is 13.7. The van der Waals surface area contributed by atoms with Crippen molar-refractivity contribution in [3.63, 3.8) is 0 Å². The number of methoxy groups -OCH3 is 1. The van der Waals surface area contributed by atoms with Crippen LogP contribution in [-0.4, -0.2) is 43.1 Å². The Balaban J connectivity index is 2.42. The first-order valence-corrected chi connectivity index (χ1v) is 6.66. The number of carbonyl (C=O) groups excluding carboxylic acids is 1. The van der Waals surface area contributed by atoms with Gasteiger partial charge < -0.3 is 14.5 Å². The van der Waals surface area contributed by atoms with E-state index in [9.17, 15) is 4.79 Å². The largest absolute Gasteiger partial charge is 0.496 e. The van der Waals surface area contributed by atoms with Crippen LogP contribution >= 0.6 is 0 Å². The van der Waals surface area contributed by atoms with Gasteiger partial charge in [-0.2, -0.15) is 0 Å². The first-order valence-electron chi connectivity index (χ1n) is 6.66. The summed E-state index contributed by atoms with van der Waals surface area (Å²) in [4.78, 5) is 15.7. The minimum absolute atomic E-state index is 0.0710. The third-order valence-electron chi connectivity index (χ3n) is 4.02. The molecule has 0 radical (unpaired) electrons. The maximum atomic E-state index is 12.1. The van der Waals surface area contributed by atoms with Gasteiger partial charge in [-0.15, -0.1) is 0 Å². The average molecular weight is 262 g/mol. The number of amides is 2. The predicted octanol–water partition coefficient (Wildman–Crippen LogP) is 2.74. The molecular formula is C15H22N2O2. The van der Waals surface area contributed by atoms with Crippen LogP contribution in [0.4, 0.5) is 4.79 Å². The quantitative estimate of drug-likeness (QED) is 0.839. The SMILES string of the molecule is CCN1CC(c2cc(C)c(C)cc2OC)N(C)C1=O. The highest BCUT2D eigenvalue weighted by molar-refractivity contribution is 5.77. The van der Waals surface area contributed by atoms with Gasteiger partial charge in [0.25, 0.3) is 0 Å². The van der Waals surface area contributed by atoms with Gasteiger partial charge in [-0.05, 0) is 44.0 Å². The first-order chi connectivity index (χ1) is 8.99. The van der Waals surface area contributed by atoms with Crippen LogP contribution in [0.25, 0.3) is 0 Å². The van der Waals surface area contributed by atoms with Crippen molar-refractivity contribution in [1.82, 2.24) is 9.80 Å². The Hall–Kier alpha value is -1.71. The summed E-state index contributed by atoms with van der Waals surface area (Å²) in [5, 5.41) is 0. The van der Waals surface area contributed by atoms with Crippen molar-refractivity contribution in [1.29, 1.82) is 0 Å². The fourth-order valence-corrected chi connectivity index (χ4v) is 2.59. The summed E-state index contributed by atoms with van der Waals surface area (Å²) in [6.45, 7) is 7.64. The topological polar surface area (TPSA) is 32.8 Å². The molecule has 2 rings (SSSR count). The summed E-state index contributed by atoms with van der Waals surface area (Å²) in [6.07, 6.45) is 0. The Morgan fingerprint density at radius 2 is 1.95 bits per heavy atom. The maximum absolute atomic E-state index is 12.1. The maximum Gasteiger partial charge on any atom is 0.320 e. The Morgan fingerprint density at radius 1 is 1.32 bits per heavy atom. The highest BCUT2D eigenvalue weighted by Gasteiger charge is 2.36. The smallest absolute Gasteiger partial charge is 0.320 e. The third kappa shape index (κ3) is 2.27. The summed E-state index contributed by atoms with van der Waals surface area (Å²) >= 11 is 0. The molecule has 0 aromatic heterocycles. The fourth-order valence-electron chi connectivity index (χ4n) is 2.59. The van der Waals surface area contributed by atoms with Gasteiger partial charge in [-0.25, -0.2) is 4.79 Å². The van der Waals surface area contributed by atoms with Gasteiger partial charge in [0.05, 0.1) is 13.2 Å². The Labute approximate surface area is 115 Å². The molecule has 104 valence electrons. The number of rotatable bonds is 3. The zero-order valence-electron chi connectivity index (χ0n) is 12.4. The molecule has 1 fully saturated rings. The molecule has 19 heavy (non-hydrogen) atoms. The lowest BCUT2D eigenvalue weighted by Gasteiger charge is -2.21. The van der Waals surface area contributed by atoms with Crippen LogP contribution in [0.2, 0.25) is 0 Å². The minimum atomic E-state index is 0.0710. The summed E-state index contributed by atoms with van der Waals surface area (Å²) < 4.78 is 5.49. The van der Waals surface area contributed by atoms with Crippen molar-refractivity contribution in [2.45, 2.75) is 26.8 Å². The second kappa shape index (κ2) is 5.11. The van der Waals surface area contributed by atoms with E-state index in [1.807, 2.05) is 18.9 Å². The van der Waals surface area contributed by atoms with Crippen molar-refractivity contribution in [2.24, 2.45) is 0 Å². The van der Waals surface area contributed by atoms with E-state index >= 15 is 0 Å². The third-order valence-corrected chi connectivity index (χ3v) is 4.02. The van der Waals surface area contributed by atoms with E-state index in [-0.39, 0.29) is 12.1 Å². The Kier molecular flexibility index (Phi) is 3.69. The van der Waals surface area contributed by atoms with Gasteiger partial charge >= 0.3 is 6.03 Å². The number of nitrogens with zero attached hydrogens (tertiary/aromatic N) is 2. The number of carbonyl (C=O) groups is 1. The average Bonchev–Trinajstić information content (AvgIpc) is 2.69. The highest BCUT2D eigenvalue weighted by atomic mass is 16.5. The zero-order chi connectivity index (χ0) is 14.2. The summed E-state index contributed by atoms with van der Waals surface area (Å²) in [6, 6.07) is 4.36. The molecule has 1 aromatic rings. The van der Waals surface area contributed by atoms with E-state index in [1.165, 1.54) is 11.1 Å². The van der Waals surface area contributed by atoms with Crippen LogP contribution < -0.4 is 4.74 Å². The number of ether oxygens (including phenoxy) is 1.